The van der Waals surface area contributed by atoms with Crippen LogP contribution in [-0.2, 0) is 9.53 Å². The van der Waals surface area contributed by atoms with E-state index < -0.39 is 23.6 Å². The number of hydrogen-bond acceptors (Lipinski definition) is 4. The number of benzene rings is 1. The van der Waals surface area contributed by atoms with E-state index in [-0.39, 0.29) is 25.4 Å². The molecule has 1 rings (SSSR count). The summed E-state index contributed by atoms with van der Waals surface area (Å²) in [5.41, 5.74) is 0.0540. The quantitative estimate of drug-likeness (QED) is 0.780. The zero-order valence-electron chi connectivity index (χ0n) is 11.4. The Morgan fingerprint density at radius 1 is 1.40 bits per heavy atom. The van der Waals surface area contributed by atoms with Gasteiger partial charge >= 0.3 is 0 Å². The van der Waals surface area contributed by atoms with Crippen LogP contribution in [0.2, 0.25) is 0 Å². The van der Waals surface area contributed by atoms with Crippen LogP contribution in [0.5, 0.6) is 0 Å². The van der Waals surface area contributed by atoms with Gasteiger partial charge in [-0.1, -0.05) is 0 Å². The van der Waals surface area contributed by atoms with Crippen molar-refractivity contribution in [2.24, 2.45) is 0 Å². The van der Waals surface area contributed by atoms with Crippen molar-refractivity contribution in [1.29, 1.82) is 0 Å². The van der Waals surface area contributed by atoms with Crippen molar-refractivity contribution < 1.29 is 23.4 Å². The van der Waals surface area contributed by atoms with Crippen molar-refractivity contribution >= 4 is 11.6 Å². The van der Waals surface area contributed by atoms with Crippen LogP contribution >= 0.6 is 0 Å². The highest BCUT2D eigenvalue weighted by molar-refractivity contribution is 5.92. The number of carbonyl (C=O) groups is 1. The maximum atomic E-state index is 12.9. The second kappa shape index (κ2) is 7.88. The number of nitrogens with one attached hydrogen (secondary N) is 1. The Labute approximate surface area is 116 Å². The maximum absolute atomic E-state index is 12.9. The first-order valence-electron chi connectivity index (χ1n) is 6.02. The van der Waals surface area contributed by atoms with Crippen molar-refractivity contribution in [3.05, 3.63) is 29.8 Å². The lowest BCUT2D eigenvalue weighted by molar-refractivity contribution is -0.117. The molecule has 0 spiro atoms. The number of anilines is 1. The summed E-state index contributed by atoms with van der Waals surface area (Å²) < 4.78 is 30.7. The molecule has 0 aliphatic carbocycles. The average Bonchev–Trinajstić information content (AvgIpc) is 2.26. The molecule has 5 nitrogen and oxygen atoms in total. The largest absolute Gasteiger partial charge is 0.389 e. The van der Waals surface area contributed by atoms with Gasteiger partial charge < -0.3 is 15.2 Å². The number of aliphatic hydroxyl groups excluding tert-OH is 1. The summed E-state index contributed by atoms with van der Waals surface area (Å²) in [5.74, 6) is -1.95. The van der Waals surface area contributed by atoms with Gasteiger partial charge in [-0.15, -0.1) is 0 Å². The Kier molecular flexibility index (Phi) is 6.50. The van der Waals surface area contributed by atoms with Crippen LogP contribution in [0.4, 0.5) is 14.5 Å². The Balaban J connectivity index is 2.46. The van der Waals surface area contributed by atoms with Crippen LogP contribution in [0.15, 0.2) is 18.2 Å². The summed E-state index contributed by atoms with van der Waals surface area (Å²) in [7, 11) is 3.11. The molecule has 1 aromatic rings. The monoisotopic (exact) mass is 288 g/mol. The third kappa shape index (κ3) is 6.05. The molecule has 112 valence electrons. The molecule has 1 unspecified atom stereocenters. The van der Waals surface area contributed by atoms with E-state index in [0.717, 1.165) is 18.2 Å². The third-order valence-corrected chi connectivity index (χ3v) is 2.44. The molecular formula is C13H18F2N2O3. The molecule has 0 aromatic heterocycles. The average molecular weight is 288 g/mol. The van der Waals surface area contributed by atoms with Crippen LogP contribution in [0, 0.1) is 11.6 Å². The second-order valence-corrected chi connectivity index (χ2v) is 4.51. The van der Waals surface area contributed by atoms with E-state index in [1.165, 1.54) is 7.11 Å². The van der Waals surface area contributed by atoms with Gasteiger partial charge in [0.25, 0.3) is 0 Å². The van der Waals surface area contributed by atoms with Crippen molar-refractivity contribution in [1.82, 2.24) is 4.90 Å². The summed E-state index contributed by atoms with van der Waals surface area (Å²) in [6.45, 7) is 0.402. The molecule has 0 aliphatic heterocycles. The number of likely N-dealkylation sites (N-methyl/N-ethyl adjacent to an activating group) is 1. The van der Waals surface area contributed by atoms with Gasteiger partial charge in [0.15, 0.2) is 0 Å². The molecule has 0 radical (unpaired) electrons. The van der Waals surface area contributed by atoms with Crippen LogP contribution in [0.1, 0.15) is 0 Å². The van der Waals surface area contributed by atoms with E-state index in [9.17, 15) is 18.7 Å². The van der Waals surface area contributed by atoms with Gasteiger partial charge in [-0.05, 0) is 19.2 Å². The molecule has 0 saturated heterocycles. The molecule has 0 fully saturated rings. The minimum Gasteiger partial charge on any atom is -0.389 e. The van der Waals surface area contributed by atoms with Crippen LogP contribution in [0.25, 0.3) is 0 Å². The van der Waals surface area contributed by atoms with Crippen LogP contribution in [-0.4, -0.2) is 55.9 Å². The van der Waals surface area contributed by atoms with Gasteiger partial charge in [-0.2, -0.15) is 0 Å². The standard InChI is InChI=1S/C13H18F2N2O3/c1-17(6-12(18)8-20-2)7-13(19)16-11-4-9(14)3-10(15)5-11/h3-5,12,18H,6-8H2,1-2H3,(H,16,19). The Bertz CT molecular complexity index is 437. The first-order chi connectivity index (χ1) is 9.40. The highest BCUT2D eigenvalue weighted by Gasteiger charge is 2.12. The van der Waals surface area contributed by atoms with Gasteiger partial charge in [0.1, 0.15) is 11.6 Å². The van der Waals surface area contributed by atoms with Crippen molar-refractivity contribution in [2.45, 2.75) is 6.10 Å². The molecule has 0 heterocycles. The van der Waals surface area contributed by atoms with Gasteiger partial charge in [-0.3, -0.25) is 9.69 Å². The molecular weight excluding hydrogens is 270 g/mol. The molecule has 20 heavy (non-hydrogen) atoms. The fourth-order valence-corrected chi connectivity index (χ4v) is 1.74. The lowest BCUT2D eigenvalue weighted by Crippen LogP contribution is -2.37. The van der Waals surface area contributed by atoms with Gasteiger partial charge in [0, 0.05) is 25.4 Å². The topological polar surface area (TPSA) is 61.8 Å². The second-order valence-electron chi connectivity index (χ2n) is 4.51. The zero-order valence-corrected chi connectivity index (χ0v) is 11.4. The lowest BCUT2D eigenvalue weighted by atomic mass is 10.3. The van der Waals surface area contributed by atoms with Crippen molar-refractivity contribution in [3.8, 4) is 0 Å². The van der Waals surface area contributed by atoms with E-state index in [1.54, 1.807) is 11.9 Å². The van der Waals surface area contributed by atoms with Crippen molar-refractivity contribution in [3.63, 3.8) is 0 Å². The molecule has 7 heteroatoms. The summed E-state index contributed by atoms with van der Waals surface area (Å²) in [6.07, 6.45) is -0.704. The summed E-state index contributed by atoms with van der Waals surface area (Å²) in [4.78, 5) is 13.3. The Morgan fingerprint density at radius 3 is 2.55 bits per heavy atom. The van der Waals surface area contributed by atoms with E-state index >= 15 is 0 Å². The number of aliphatic hydroxyl groups is 1. The zero-order chi connectivity index (χ0) is 15.1. The number of amides is 1. The first kappa shape index (κ1) is 16.5. The number of carbonyl (C=O) groups excluding carboxylic acids is 1. The van der Waals surface area contributed by atoms with E-state index in [4.69, 9.17) is 4.74 Å². The number of ether oxygens (including phenoxy) is 1. The van der Waals surface area contributed by atoms with E-state index in [2.05, 4.69) is 5.32 Å². The molecule has 2 N–H and O–H groups in total. The predicted octanol–water partition coefficient (Wildman–Crippen LogP) is 0.842. The van der Waals surface area contributed by atoms with Gasteiger partial charge in [0.05, 0.1) is 19.3 Å². The number of rotatable bonds is 7. The van der Waals surface area contributed by atoms with E-state index in [1.807, 2.05) is 0 Å². The van der Waals surface area contributed by atoms with Gasteiger partial charge in [0.2, 0.25) is 5.91 Å². The summed E-state index contributed by atoms with van der Waals surface area (Å²) >= 11 is 0. The fraction of sp³-hybridized carbons (Fsp3) is 0.462. The Morgan fingerprint density at radius 2 is 2.00 bits per heavy atom. The lowest BCUT2D eigenvalue weighted by Gasteiger charge is -2.19. The number of halogens is 2. The fourth-order valence-electron chi connectivity index (χ4n) is 1.74. The van der Waals surface area contributed by atoms with Crippen molar-refractivity contribution in [2.75, 3.05) is 39.2 Å². The SMILES string of the molecule is COCC(O)CN(C)CC(=O)Nc1cc(F)cc(F)c1. The number of hydrogen-bond donors (Lipinski definition) is 2. The molecule has 0 aliphatic rings. The molecule has 0 bridgehead atoms. The summed E-state index contributed by atoms with van der Waals surface area (Å²) in [5, 5.41) is 11.9. The molecule has 1 amide bonds. The smallest absolute Gasteiger partial charge is 0.238 e. The highest BCUT2D eigenvalue weighted by Crippen LogP contribution is 2.12. The van der Waals surface area contributed by atoms with E-state index in [0.29, 0.717) is 0 Å². The normalized spacial score (nSPS) is 12.5. The number of nitrogens with zero attached hydrogens (tertiary/aromatic N) is 1. The summed E-state index contributed by atoms with van der Waals surface area (Å²) in [6, 6.07) is 2.78. The van der Waals surface area contributed by atoms with Gasteiger partial charge in [-0.25, -0.2) is 8.78 Å². The van der Waals surface area contributed by atoms with Crippen LogP contribution in [0.3, 0.4) is 0 Å². The minimum absolute atomic E-state index is 0.0150. The van der Waals surface area contributed by atoms with Crippen LogP contribution < -0.4 is 5.32 Å². The Hall–Kier alpha value is -1.57. The highest BCUT2D eigenvalue weighted by atomic mass is 19.1. The predicted molar refractivity (Wildman–Crippen MR) is 70.4 cm³/mol. The molecule has 1 aromatic carbocycles. The molecule has 1 atom stereocenters. The first-order valence-corrected chi connectivity index (χ1v) is 6.02. The number of methoxy groups -OCH3 is 1. The maximum Gasteiger partial charge on any atom is 0.238 e. The molecule has 0 saturated carbocycles. The third-order valence-electron chi connectivity index (χ3n) is 2.44. The minimum atomic E-state index is -0.760.